The highest BCUT2D eigenvalue weighted by atomic mass is 32.1. The average Bonchev–Trinajstić information content (AvgIpc) is 2.85. The smallest absolute Gasteiger partial charge is 0.148 e. The number of anilines is 2. The summed E-state index contributed by atoms with van der Waals surface area (Å²) >= 11 is 3.06. The minimum Gasteiger partial charge on any atom is -0.382 e. The van der Waals surface area contributed by atoms with Crippen LogP contribution in [-0.2, 0) is 0 Å². The van der Waals surface area contributed by atoms with Crippen molar-refractivity contribution in [2.75, 3.05) is 11.1 Å². The standard InChI is InChI=1S/C10H12N4S2/c1-5-12-7(4-15-5)8-9(11)14-16-10(8)13-6-2-3-6/h4,6,13H,2-3H2,1H3,(H2,11,14). The number of nitrogens with one attached hydrogen (secondary N) is 1. The quantitative estimate of drug-likeness (QED) is 0.881. The van der Waals surface area contributed by atoms with Crippen LogP contribution in [0.3, 0.4) is 0 Å². The highest BCUT2D eigenvalue weighted by molar-refractivity contribution is 7.11. The topological polar surface area (TPSA) is 63.8 Å². The molecule has 3 N–H and O–H groups in total. The molecule has 0 amide bonds. The number of aryl methyl sites for hydroxylation is 1. The lowest BCUT2D eigenvalue weighted by Gasteiger charge is -2.02. The third-order valence-corrected chi connectivity index (χ3v) is 4.07. The molecule has 2 heterocycles. The summed E-state index contributed by atoms with van der Waals surface area (Å²) < 4.78 is 4.20. The Morgan fingerprint density at radius 3 is 2.94 bits per heavy atom. The summed E-state index contributed by atoms with van der Waals surface area (Å²) in [4.78, 5) is 4.47. The molecule has 3 rings (SSSR count). The molecule has 0 unspecified atom stereocenters. The van der Waals surface area contributed by atoms with E-state index in [1.165, 1.54) is 24.4 Å². The second kappa shape index (κ2) is 3.71. The van der Waals surface area contributed by atoms with E-state index in [1.807, 2.05) is 12.3 Å². The Morgan fingerprint density at radius 1 is 1.50 bits per heavy atom. The molecule has 0 saturated heterocycles. The van der Waals surface area contributed by atoms with Gasteiger partial charge in [-0.15, -0.1) is 11.3 Å². The third-order valence-electron chi connectivity index (χ3n) is 2.51. The molecule has 0 spiro atoms. The fraction of sp³-hybridized carbons (Fsp3) is 0.400. The van der Waals surface area contributed by atoms with E-state index in [4.69, 9.17) is 5.73 Å². The Bertz CT molecular complexity index is 513. The molecule has 0 aliphatic heterocycles. The molecular weight excluding hydrogens is 240 g/mol. The van der Waals surface area contributed by atoms with Gasteiger partial charge in [0.2, 0.25) is 0 Å². The lowest BCUT2D eigenvalue weighted by atomic mass is 10.2. The van der Waals surface area contributed by atoms with E-state index in [2.05, 4.69) is 14.7 Å². The Balaban J connectivity index is 2.00. The van der Waals surface area contributed by atoms with Crippen LogP contribution in [0.2, 0.25) is 0 Å². The van der Waals surface area contributed by atoms with Crippen molar-refractivity contribution in [3.63, 3.8) is 0 Å². The number of nitrogens with zero attached hydrogens (tertiary/aromatic N) is 2. The van der Waals surface area contributed by atoms with Gasteiger partial charge in [-0.1, -0.05) is 0 Å². The van der Waals surface area contributed by atoms with E-state index in [0.29, 0.717) is 11.9 Å². The van der Waals surface area contributed by atoms with Gasteiger partial charge in [-0.05, 0) is 31.3 Å². The van der Waals surface area contributed by atoms with E-state index in [0.717, 1.165) is 21.3 Å². The molecular formula is C10H12N4S2. The van der Waals surface area contributed by atoms with Gasteiger partial charge in [0.1, 0.15) is 10.8 Å². The van der Waals surface area contributed by atoms with Gasteiger partial charge in [-0.25, -0.2) is 4.98 Å². The highest BCUT2D eigenvalue weighted by Crippen LogP contribution is 2.39. The maximum atomic E-state index is 5.90. The van der Waals surface area contributed by atoms with Crippen molar-refractivity contribution < 1.29 is 0 Å². The van der Waals surface area contributed by atoms with E-state index in [-0.39, 0.29) is 0 Å². The summed E-state index contributed by atoms with van der Waals surface area (Å²) in [6.07, 6.45) is 2.49. The minimum absolute atomic E-state index is 0.582. The summed E-state index contributed by atoms with van der Waals surface area (Å²) in [7, 11) is 0. The van der Waals surface area contributed by atoms with E-state index < -0.39 is 0 Å². The Labute approximate surface area is 102 Å². The molecule has 16 heavy (non-hydrogen) atoms. The summed E-state index contributed by atoms with van der Waals surface area (Å²) in [5, 5.41) is 7.60. The molecule has 0 bridgehead atoms. The first-order valence-corrected chi connectivity index (χ1v) is 6.83. The van der Waals surface area contributed by atoms with Crippen molar-refractivity contribution in [1.29, 1.82) is 0 Å². The fourth-order valence-corrected chi connectivity index (χ4v) is 2.94. The minimum atomic E-state index is 0.582. The van der Waals surface area contributed by atoms with E-state index in [1.54, 1.807) is 11.3 Å². The lowest BCUT2D eigenvalue weighted by molar-refractivity contribution is 1.17. The summed E-state index contributed by atoms with van der Waals surface area (Å²) in [5.41, 5.74) is 7.82. The maximum absolute atomic E-state index is 5.90. The third kappa shape index (κ3) is 1.78. The Kier molecular flexibility index (Phi) is 2.33. The van der Waals surface area contributed by atoms with Gasteiger partial charge in [0.25, 0.3) is 0 Å². The maximum Gasteiger partial charge on any atom is 0.148 e. The SMILES string of the molecule is Cc1nc(-c2c(N)nsc2NC2CC2)cs1. The first kappa shape index (κ1) is 10.0. The van der Waals surface area contributed by atoms with Gasteiger partial charge in [-0.2, -0.15) is 4.37 Å². The number of thiazole rings is 1. The number of rotatable bonds is 3. The normalized spacial score (nSPS) is 15.3. The van der Waals surface area contributed by atoms with Crippen LogP contribution in [0.1, 0.15) is 17.8 Å². The Hall–Kier alpha value is -1.14. The summed E-state index contributed by atoms with van der Waals surface area (Å²) in [5.74, 6) is 0.582. The largest absolute Gasteiger partial charge is 0.382 e. The van der Waals surface area contributed by atoms with Crippen molar-refractivity contribution in [3.05, 3.63) is 10.4 Å². The second-order valence-electron chi connectivity index (χ2n) is 3.94. The van der Waals surface area contributed by atoms with Gasteiger partial charge >= 0.3 is 0 Å². The van der Waals surface area contributed by atoms with Crippen LogP contribution in [0.5, 0.6) is 0 Å². The molecule has 84 valence electrons. The van der Waals surface area contributed by atoms with Gasteiger partial charge < -0.3 is 11.1 Å². The van der Waals surface area contributed by atoms with Gasteiger partial charge in [0, 0.05) is 11.4 Å². The molecule has 1 fully saturated rings. The van der Waals surface area contributed by atoms with Crippen molar-refractivity contribution in [1.82, 2.24) is 9.36 Å². The average molecular weight is 252 g/mol. The molecule has 2 aromatic heterocycles. The Morgan fingerprint density at radius 2 is 2.31 bits per heavy atom. The zero-order valence-corrected chi connectivity index (χ0v) is 10.5. The molecule has 0 aromatic carbocycles. The van der Waals surface area contributed by atoms with Crippen molar-refractivity contribution in [2.24, 2.45) is 0 Å². The summed E-state index contributed by atoms with van der Waals surface area (Å²) in [6.45, 7) is 2.00. The fourth-order valence-electron chi connectivity index (χ4n) is 1.54. The van der Waals surface area contributed by atoms with Crippen LogP contribution in [0.4, 0.5) is 10.8 Å². The van der Waals surface area contributed by atoms with Crippen molar-refractivity contribution >= 4 is 33.7 Å². The number of nitrogen functional groups attached to an aromatic ring is 1. The van der Waals surface area contributed by atoms with Crippen LogP contribution >= 0.6 is 22.9 Å². The van der Waals surface area contributed by atoms with Crippen LogP contribution in [0.15, 0.2) is 5.38 Å². The first-order chi connectivity index (χ1) is 7.74. The van der Waals surface area contributed by atoms with Gasteiger partial charge in [-0.3, -0.25) is 0 Å². The molecule has 1 saturated carbocycles. The number of hydrogen-bond acceptors (Lipinski definition) is 6. The van der Waals surface area contributed by atoms with Gasteiger partial charge in [0.05, 0.1) is 16.3 Å². The molecule has 6 heteroatoms. The van der Waals surface area contributed by atoms with Crippen LogP contribution in [-0.4, -0.2) is 15.4 Å². The molecule has 1 aliphatic carbocycles. The predicted molar refractivity (Wildman–Crippen MR) is 69.0 cm³/mol. The molecule has 0 atom stereocenters. The number of hydrogen-bond donors (Lipinski definition) is 2. The second-order valence-corrected chi connectivity index (χ2v) is 5.78. The zero-order chi connectivity index (χ0) is 11.1. The van der Waals surface area contributed by atoms with E-state index in [9.17, 15) is 0 Å². The molecule has 4 nitrogen and oxygen atoms in total. The predicted octanol–water partition coefficient (Wildman–Crippen LogP) is 2.73. The van der Waals surface area contributed by atoms with Crippen LogP contribution in [0.25, 0.3) is 11.3 Å². The van der Waals surface area contributed by atoms with Crippen LogP contribution in [0, 0.1) is 6.92 Å². The summed E-state index contributed by atoms with van der Waals surface area (Å²) in [6, 6.07) is 0.610. The number of nitrogens with two attached hydrogens (primary N) is 1. The molecule has 1 aliphatic rings. The first-order valence-electron chi connectivity index (χ1n) is 5.18. The van der Waals surface area contributed by atoms with E-state index >= 15 is 0 Å². The lowest BCUT2D eigenvalue weighted by Crippen LogP contribution is -2.00. The molecule has 2 aromatic rings. The monoisotopic (exact) mass is 252 g/mol. The van der Waals surface area contributed by atoms with Crippen molar-refractivity contribution in [3.8, 4) is 11.3 Å². The van der Waals surface area contributed by atoms with Crippen LogP contribution < -0.4 is 11.1 Å². The highest BCUT2D eigenvalue weighted by Gasteiger charge is 2.25. The number of aromatic nitrogens is 2. The van der Waals surface area contributed by atoms with Crippen molar-refractivity contribution in [2.45, 2.75) is 25.8 Å². The molecule has 0 radical (unpaired) electrons. The zero-order valence-electron chi connectivity index (χ0n) is 8.86. The van der Waals surface area contributed by atoms with Gasteiger partial charge in [0.15, 0.2) is 0 Å².